The lowest BCUT2D eigenvalue weighted by Crippen LogP contribution is -2.33. The minimum absolute atomic E-state index is 0.356. The van der Waals surface area contributed by atoms with Gasteiger partial charge in [0.1, 0.15) is 5.25 Å². The minimum atomic E-state index is -4.15. The van der Waals surface area contributed by atoms with Crippen molar-refractivity contribution in [2.45, 2.75) is 95.8 Å². The van der Waals surface area contributed by atoms with Crippen molar-refractivity contribution in [2.75, 3.05) is 0 Å². The number of hydrogen-bond acceptors (Lipinski definition) is 3. The molecule has 0 aromatic heterocycles. The second kappa shape index (κ2) is 11.5. The molecule has 0 saturated carbocycles. The number of rotatable bonds is 13. The molecule has 122 valence electrons. The molecular formula is C15H32O4S. The highest BCUT2D eigenvalue weighted by atomic mass is 32.2. The number of hydrogen-bond donors (Lipinski definition) is 2. The predicted octanol–water partition coefficient (Wildman–Crippen LogP) is 3.93. The zero-order chi connectivity index (χ0) is 15.4. The monoisotopic (exact) mass is 308 g/mol. The second-order valence-corrected chi connectivity index (χ2v) is 7.31. The predicted molar refractivity (Wildman–Crippen MR) is 83.5 cm³/mol. The summed E-state index contributed by atoms with van der Waals surface area (Å²) in [5.41, 5.74) is 0. The van der Waals surface area contributed by atoms with Crippen LogP contribution >= 0.6 is 0 Å². The van der Waals surface area contributed by atoms with E-state index < -0.39 is 21.5 Å². The number of unbranched alkanes of at least 4 members (excludes halogenated alkanes) is 7. The van der Waals surface area contributed by atoms with E-state index in [1.165, 1.54) is 6.42 Å². The Bertz CT molecular complexity index is 314. The summed E-state index contributed by atoms with van der Waals surface area (Å²) >= 11 is 0. The summed E-state index contributed by atoms with van der Waals surface area (Å²) in [6.45, 7) is 4.23. The van der Waals surface area contributed by atoms with Crippen molar-refractivity contribution in [1.82, 2.24) is 0 Å². The smallest absolute Gasteiger partial charge is 0.270 e. The molecule has 0 fully saturated rings. The molecule has 0 rings (SSSR count). The Labute approximate surface area is 124 Å². The van der Waals surface area contributed by atoms with E-state index in [-0.39, 0.29) is 0 Å². The molecule has 5 heteroatoms. The third-order valence-corrected chi connectivity index (χ3v) is 5.07. The van der Waals surface area contributed by atoms with E-state index in [9.17, 15) is 18.1 Å². The zero-order valence-electron chi connectivity index (χ0n) is 13.1. The first-order valence-corrected chi connectivity index (χ1v) is 9.58. The first-order chi connectivity index (χ1) is 9.43. The van der Waals surface area contributed by atoms with E-state index in [2.05, 4.69) is 13.8 Å². The Morgan fingerprint density at radius 2 is 1.25 bits per heavy atom. The first kappa shape index (κ1) is 19.9. The van der Waals surface area contributed by atoms with Gasteiger partial charge in [-0.05, 0) is 12.8 Å². The minimum Gasteiger partial charge on any atom is -0.392 e. The molecule has 2 atom stereocenters. The standard InChI is InChI=1S/C15H32O4S/c1-3-5-7-9-10-12-14(16)15(20(17,18)19)13-11-8-6-4-2/h14-16H,3-13H2,1-2H3,(H,17,18,19). The van der Waals surface area contributed by atoms with E-state index in [0.717, 1.165) is 51.4 Å². The molecule has 2 N–H and O–H groups in total. The molecule has 0 spiro atoms. The Morgan fingerprint density at radius 1 is 0.800 bits per heavy atom. The van der Waals surface area contributed by atoms with Gasteiger partial charge < -0.3 is 5.11 Å². The summed E-state index contributed by atoms with van der Waals surface area (Å²) < 4.78 is 32.0. The van der Waals surface area contributed by atoms with Crippen molar-refractivity contribution >= 4 is 10.1 Å². The van der Waals surface area contributed by atoms with E-state index in [1.807, 2.05) is 0 Å². The fourth-order valence-corrected chi connectivity index (χ4v) is 3.45. The zero-order valence-corrected chi connectivity index (χ0v) is 13.9. The normalized spacial score (nSPS) is 15.2. The third-order valence-electron chi connectivity index (χ3n) is 3.76. The molecular weight excluding hydrogens is 276 g/mol. The van der Waals surface area contributed by atoms with Crippen LogP contribution < -0.4 is 0 Å². The molecule has 0 heterocycles. The maximum Gasteiger partial charge on any atom is 0.270 e. The van der Waals surface area contributed by atoms with E-state index in [1.54, 1.807) is 0 Å². The van der Waals surface area contributed by atoms with Crippen LogP contribution in [-0.4, -0.2) is 29.4 Å². The molecule has 0 saturated heterocycles. The SMILES string of the molecule is CCCCCCCC(O)C(CCCCCC)S(=O)(=O)O. The maximum absolute atomic E-state index is 11.4. The highest BCUT2D eigenvalue weighted by molar-refractivity contribution is 7.86. The van der Waals surface area contributed by atoms with Crippen LogP contribution in [0, 0.1) is 0 Å². The highest BCUT2D eigenvalue weighted by Crippen LogP contribution is 2.19. The summed E-state index contributed by atoms with van der Waals surface area (Å²) in [6.07, 6.45) is 9.00. The molecule has 4 nitrogen and oxygen atoms in total. The molecule has 0 aliphatic heterocycles. The van der Waals surface area contributed by atoms with Gasteiger partial charge in [0.25, 0.3) is 10.1 Å². The van der Waals surface area contributed by atoms with Gasteiger partial charge in [-0.3, -0.25) is 4.55 Å². The van der Waals surface area contributed by atoms with E-state index >= 15 is 0 Å². The highest BCUT2D eigenvalue weighted by Gasteiger charge is 2.29. The van der Waals surface area contributed by atoms with Crippen LogP contribution in [0.15, 0.2) is 0 Å². The Balaban J connectivity index is 4.12. The molecule has 0 aliphatic carbocycles. The summed E-state index contributed by atoms with van der Waals surface area (Å²) in [5, 5.41) is 9.01. The summed E-state index contributed by atoms with van der Waals surface area (Å²) in [5.74, 6) is 0. The van der Waals surface area contributed by atoms with Crippen molar-refractivity contribution in [3.63, 3.8) is 0 Å². The Hall–Kier alpha value is -0.130. The van der Waals surface area contributed by atoms with Gasteiger partial charge in [0.15, 0.2) is 0 Å². The maximum atomic E-state index is 11.4. The van der Waals surface area contributed by atoms with Crippen molar-refractivity contribution in [3.8, 4) is 0 Å². The average molecular weight is 308 g/mol. The second-order valence-electron chi connectivity index (χ2n) is 5.67. The van der Waals surface area contributed by atoms with Crippen molar-refractivity contribution in [3.05, 3.63) is 0 Å². The Kier molecular flexibility index (Phi) is 11.4. The Morgan fingerprint density at radius 3 is 1.75 bits per heavy atom. The molecule has 0 aromatic carbocycles. The van der Waals surface area contributed by atoms with Crippen LogP contribution in [0.25, 0.3) is 0 Å². The largest absolute Gasteiger partial charge is 0.392 e. The summed E-state index contributed by atoms with van der Waals surface area (Å²) in [4.78, 5) is 0. The van der Waals surface area contributed by atoms with Crippen LogP contribution in [0.2, 0.25) is 0 Å². The fourth-order valence-electron chi connectivity index (χ4n) is 2.46. The third kappa shape index (κ3) is 9.72. The lowest BCUT2D eigenvalue weighted by molar-refractivity contribution is 0.146. The van der Waals surface area contributed by atoms with Gasteiger partial charge in [0, 0.05) is 0 Å². The average Bonchev–Trinajstić information content (AvgIpc) is 2.36. The lowest BCUT2D eigenvalue weighted by Gasteiger charge is -2.20. The molecule has 0 bridgehead atoms. The van der Waals surface area contributed by atoms with Crippen LogP contribution in [0.5, 0.6) is 0 Å². The molecule has 0 aromatic rings. The summed E-state index contributed by atoms with van der Waals surface area (Å²) in [7, 11) is -4.15. The van der Waals surface area contributed by atoms with Gasteiger partial charge >= 0.3 is 0 Å². The van der Waals surface area contributed by atoms with Crippen molar-refractivity contribution < 1.29 is 18.1 Å². The molecule has 2 unspecified atom stereocenters. The lowest BCUT2D eigenvalue weighted by atomic mass is 10.0. The van der Waals surface area contributed by atoms with E-state index in [0.29, 0.717) is 12.8 Å². The quantitative estimate of drug-likeness (QED) is 0.399. The molecule has 20 heavy (non-hydrogen) atoms. The van der Waals surface area contributed by atoms with Crippen LogP contribution in [0.1, 0.15) is 84.5 Å². The van der Waals surface area contributed by atoms with Gasteiger partial charge in [-0.25, -0.2) is 0 Å². The van der Waals surface area contributed by atoms with Gasteiger partial charge in [-0.15, -0.1) is 0 Å². The van der Waals surface area contributed by atoms with Gasteiger partial charge in [0.2, 0.25) is 0 Å². The van der Waals surface area contributed by atoms with Crippen LogP contribution in [-0.2, 0) is 10.1 Å². The molecule has 0 aliphatic rings. The van der Waals surface area contributed by atoms with Gasteiger partial charge in [-0.2, -0.15) is 8.42 Å². The topological polar surface area (TPSA) is 74.6 Å². The first-order valence-electron chi connectivity index (χ1n) is 8.07. The number of aliphatic hydroxyl groups excluding tert-OH is 1. The molecule has 0 radical (unpaired) electrons. The van der Waals surface area contributed by atoms with Gasteiger partial charge in [0.05, 0.1) is 6.10 Å². The van der Waals surface area contributed by atoms with Crippen molar-refractivity contribution in [1.29, 1.82) is 0 Å². The summed E-state index contributed by atoms with van der Waals surface area (Å²) in [6, 6.07) is 0. The fraction of sp³-hybridized carbons (Fsp3) is 1.00. The van der Waals surface area contributed by atoms with Crippen LogP contribution in [0.4, 0.5) is 0 Å². The number of aliphatic hydroxyl groups is 1. The van der Waals surface area contributed by atoms with Crippen molar-refractivity contribution in [2.24, 2.45) is 0 Å². The van der Waals surface area contributed by atoms with Crippen LogP contribution in [0.3, 0.4) is 0 Å². The molecule has 0 amide bonds. The van der Waals surface area contributed by atoms with E-state index in [4.69, 9.17) is 0 Å². The van der Waals surface area contributed by atoms with Gasteiger partial charge in [-0.1, -0.05) is 71.6 Å².